The van der Waals surface area contributed by atoms with Crippen molar-refractivity contribution >= 4 is 5.91 Å². The molecule has 1 aliphatic heterocycles. The Bertz CT molecular complexity index is 588. The molecule has 1 saturated carbocycles. The molecule has 6 nitrogen and oxygen atoms in total. The second-order valence-electron chi connectivity index (χ2n) is 8.53. The second kappa shape index (κ2) is 6.47. The van der Waals surface area contributed by atoms with Gasteiger partial charge in [-0.2, -0.15) is 4.98 Å². The van der Waals surface area contributed by atoms with Crippen LogP contribution in [0.1, 0.15) is 71.6 Å². The van der Waals surface area contributed by atoms with Crippen LogP contribution in [0.3, 0.4) is 0 Å². The molecule has 1 aliphatic carbocycles. The molecule has 2 fully saturated rings. The van der Waals surface area contributed by atoms with Gasteiger partial charge in [0.2, 0.25) is 11.8 Å². The van der Waals surface area contributed by atoms with Crippen LogP contribution in [-0.4, -0.2) is 40.1 Å². The molecule has 134 valence electrons. The lowest BCUT2D eigenvalue weighted by Gasteiger charge is -2.38. The minimum Gasteiger partial charge on any atom is -0.342 e. The van der Waals surface area contributed by atoms with E-state index >= 15 is 0 Å². The fourth-order valence-corrected chi connectivity index (χ4v) is 3.29. The largest absolute Gasteiger partial charge is 0.342 e. The minimum atomic E-state index is -0.108. The highest BCUT2D eigenvalue weighted by atomic mass is 16.5. The van der Waals surface area contributed by atoms with Gasteiger partial charge in [-0.05, 0) is 32.1 Å². The summed E-state index contributed by atoms with van der Waals surface area (Å²) in [7, 11) is 0. The van der Waals surface area contributed by atoms with Crippen LogP contribution in [0.5, 0.6) is 0 Å². The van der Waals surface area contributed by atoms with Gasteiger partial charge in [0, 0.05) is 30.5 Å². The number of nitrogens with zero attached hydrogens (tertiary/aromatic N) is 3. The van der Waals surface area contributed by atoms with Gasteiger partial charge in [-0.25, -0.2) is 0 Å². The molecular formula is C18H30N4O2. The summed E-state index contributed by atoms with van der Waals surface area (Å²) in [5.41, 5.74) is -0.108. The Kier molecular flexibility index (Phi) is 4.69. The van der Waals surface area contributed by atoms with Crippen molar-refractivity contribution in [1.29, 1.82) is 0 Å². The molecule has 1 aromatic rings. The lowest BCUT2D eigenvalue weighted by Crippen LogP contribution is -2.51. The van der Waals surface area contributed by atoms with Gasteiger partial charge in [-0.3, -0.25) is 4.79 Å². The highest BCUT2D eigenvalue weighted by Crippen LogP contribution is 2.32. The molecule has 3 rings (SSSR count). The van der Waals surface area contributed by atoms with Crippen LogP contribution in [0, 0.1) is 11.8 Å². The SMILES string of the molecule is C[C@H](N[C@@H]1CCN(C(=O)C2CC2)C[C@@H]1C)c1nc(C(C)(C)C)no1. The first kappa shape index (κ1) is 17.4. The fraction of sp³-hybridized carbons (Fsp3) is 0.833. The third kappa shape index (κ3) is 3.79. The summed E-state index contributed by atoms with van der Waals surface area (Å²) < 4.78 is 5.44. The summed E-state index contributed by atoms with van der Waals surface area (Å²) in [6.07, 6.45) is 3.13. The Labute approximate surface area is 144 Å². The van der Waals surface area contributed by atoms with E-state index in [1.807, 2.05) is 0 Å². The van der Waals surface area contributed by atoms with Crippen LogP contribution < -0.4 is 5.32 Å². The number of rotatable bonds is 4. The van der Waals surface area contributed by atoms with Gasteiger partial charge < -0.3 is 14.7 Å². The molecule has 1 saturated heterocycles. The van der Waals surface area contributed by atoms with Crippen molar-refractivity contribution in [3.05, 3.63) is 11.7 Å². The molecule has 1 amide bonds. The summed E-state index contributed by atoms with van der Waals surface area (Å²) in [6.45, 7) is 12.2. The average Bonchev–Trinajstić information content (AvgIpc) is 3.23. The lowest BCUT2D eigenvalue weighted by atomic mass is 9.92. The van der Waals surface area contributed by atoms with Crippen molar-refractivity contribution in [2.24, 2.45) is 11.8 Å². The first-order valence-corrected chi connectivity index (χ1v) is 9.14. The normalized spacial score (nSPS) is 26.5. The molecule has 3 atom stereocenters. The van der Waals surface area contributed by atoms with Crippen LogP contribution in [0.2, 0.25) is 0 Å². The molecule has 6 heteroatoms. The molecule has 0 bridgehead atoms. The minimum absolute atomic E-state index is 0.0201. The topological polar surface area (TPSA) is 71.3 Å². The van der Waals surface area contributed by atoms with Crippen LogP contribution >= 0.6 is 0 Å². The molecule has 0 aromatic carbocycles. The molecule has 2 heterocycles. The molecular weight excluding hydrogens is 304 g/mol. The maximum atomic E-state index is 12.2. The summed E-state index contributed by atoms with van der Waals surface area (Å²) in [5, 5.41) is 7.72. The number of amides is 1. The van der Waals surface area contributed by atoms with Gasteiger partial charge in [0.05, 0.1) is 6.04 Å². The Hall–Kier alpha value is -1.43. The van der Waals surface area contributed by atoms with Crippen LogP contribution in [0.25, 0.3) is 0 Å². The van der Waals surface area contributed by atoms with Crippen LogP contribution in [0.15, 0.2) is 4.52 Å². The first-order chi connectivity index (χ1) is 11.3. The lowest BCUT2D eigenvalue weighted by molar-refractivity contribution is -0.134. The zero-order valence-electron chi connectivity index (χ0n) is 15.5. The van der Waals surface area contributed by atoms with E-state index < -0.39 is 0 Å². The van der Waals surface area contributed by atoms with Gasteiger partial charge in [-0.15, -0.1) is 0 Å². The molecule has 1 aromatic heterocycles. The highest BCUT2D eigenvalue weighted by molar-refractivity contribution is 5.81. The average molecular weight is 334 g/mol. The number of piperidine rings is 1. The van der Waals surface area contributed by atoms with Crippen molar-refractivity contribution in [2.45, 2.75) is 71.4 Å². The number of likely N-dealkylation sites (tertiary alicyclic amines) is 1. The van der Waals surface area contributed by atoms with E-state index in [1.54, 1.807) is 0 Å². The number of hydrogen-bond acceptors (Lipinski definition) is 5. The Morgan fingerprint density at radius 1 is 1.33 bits per heavy atom. The van der Waals surface area contributed by atoms with E-state index in [9.17, 15) is 4.79 Å². The maximum Gasteiger partial charge on any atom is 0.243 e. The predicted molar refractivity (Wildman–Crippen MR) is 91.4 cm³/mol. The van der Waals surface area contributed by atoms with Crippen LogP contribution in [0.4, 0.5) is 0 Å². The van der Waals surface area contributed by atoms with Gasteiger partial charge in [0.15, 0.2) is 5.82 Å². The number of aromatic nitrogens is 2. The van der Waals surface area contributed by atoms with E-state index in [-0.39, 0.29) is 11.5 Å². The van der Waals surface area contributed by atoms with Crippen molar-refractivity contribution < 1.29 is 9.32 Å². The summed E-state index contributed by atoms with van der Waals surface area (Å²) >= 11 is 0. The molecule has 0 unspecified atom stereocenters. The van der Waals surface area contributed by atoms with E-state index in [0.717, 1.165) is 38.2 Å². The Morgan fingerprint density at radius 2 is 2.04 bits per heavy atom. The summed E-state index contributed by atoms with van der Waals surface area (Å²) in [6, 6.07) is 0.389. The molecule has 0 radical (unpaired) electrons. The van der Waals surface area contributed by atoms with Gasteiger partial charge >= 0.3 is 0 Å². The van der Waals surface area contributed by atoms with Gasteiger partial charge in [0.25, 0.3) is 0 Å². The maximum absolute atomic E-state index is 12.2. The number of carbonyl (C=O) groups is 1. The Balaban J connectivity index is 1.56. The quantitative estimate of drug-likeness (QED) is 0.916. The monoisotopic (exact) mass is 334 g/mol. The number of carbonyl (C=O) groups excluding carboxylic acids is 1. The molecule has 0 spiro atoms. The van der Waals surface area contributed by atoms with E-state index in [2.05, 4.69) is 55.0 Å². The van der Waals surface area contributed by atoms with Crippen molar-refractivity contribution in [3.63, 3.8) is 0 Å². The predicted octanol–water partition coefficient (Wildman–Crippen LogP) is 2.66. The van der Waals surface area contributed by atoms with E-state index in [4.69, 9.17) is 4.52 Å². The third-order valence-corrected chi connectivity index (χ3v) is 5.09. The third-order valence-electron chi connectivity index (χ3n) is 5.09. The summed E-state index contributed by atoms with van der Waals surface area (Å²) in [4.78, 5) is 18.8. The zero-order chi connectivity index (χ0) is 17.5. The van der Waals surface area contributed by atoms with Crippen molar-refractivity contribution in [2.75, 3.05) is 13.1 Å². The van der Waals surface area contributed by atoms with Gasteiger partial charge in [0.1, 0.15) is 0 Å². The van der Waals surface area contributed by atoms with E-state index in [0.29, 0.717) is 29.7 Å². The highest BCUT2D eigenvalue weighted by Gasteiger charge is 2.37. The van der Waals surface area contributed by atoms with Crippen molar-refractivity contribution in [1.82, 2.24) is 20.4 Å². The molecule has 2 aliphatic rings. The molecule has 24 heavy (non-hydrogen) atoms. The summed E-state index contributed by atoms with van der Waals surface area (Å²) in [5.74, 6) is 2.48. The number of nitrogens with one attached hydrogen (secondary N) is 1. The van der Waals surface area contributed by atoms with E-state index in [1.165, 1.54) is 0 Å². The standard InChI is InChI=1S/C18H30N4O2/c1-11-10-22(16(23)13-6-7-13)9-8-14(11)19-12(2)15-20-17(21-24-15)18(3,4)5/h11-14,19H,6-10H2,1-5H3/t11-,12-,14+/m0/s1. The van der Waals surface area contributed by atoms with Crippen molar-refractivity contribution in [3.8, 4) is 0 Å². The Morgan fingerprint density at radius 3 is 2.58 bits per heavy atom. The number of hydrogen-bond donors (Lipinski definition) is 1. The zero-order valence-corrected chi connectivity index (χ0v) is 15.5. The first-order valence-electron chi connectivity index (χ1n) is 9.14. The fourth-order valence-electron chi connectivity index (χ4n) is 3.29. The van der Waals surface area contributed by atoms with Gasteiger partial charge in [-0.1, -0.05) is 32.9 Å². The van der Waals surface area contributed by atoms with Crippen LogP contribution in [-0.2, 0) is 10.2 Å². The second-order valence-corrected chi connectivity index (χ2v) is 8.53. The molecule has 1 N–H and O–H groups in total. The smallest absolute Gasteiger partial charge is 0.243 e.